The van der Waals surface area contributed by atoms with Crippen LogP contribution < -0.4 is 5.32 Å². The van der Waals surface area contributed by atoms with E-state index in [1.165, 1.54) is 23.1 Å². The lowest BCUT2D eigenvalue weighted by Gasteiger charge is -2.28. The van der Waals surface area contributed by atoms with E-state index in [1.807, 2.05) is 0 Å². The lowest BCUT2D eigenvalue weighted by Crippen LogP contribution is -2.35. The zero-order chi connectivity index (χ0) is 13.8. The summed E-state index contributed by atoms with van der Waals surface area (Å²) in [7, 11) is 0. The molecule has 0 spiro atoms. The zero-order valence-electron chi connectivity index (χ0n) is 12.7. The Morgan fingerprint density at radius 2 is 1.95 bits per heavy atom. The van der Waals surface area contributed by atoms with Crippen molar-refractivity contribution in [3.8, 4) is 0 Å². The van der Waals surface area contributed by atoms with E-state index in [9.17, 15) is 0 Å². The molecule has 3 unspecified atom stereocenters. The van der Waals surface area contributed by atoms with E-state index in [4.69, 9.17) is 4.74 Å². The predicted molar refractivity (Wildman–Crippen MR) is 80.5 cm³/mol. The maximum atomic E-state index is 6.00. The van der Waals surface area contributed by atoms with Crippen LogP contribution in [0.15, 0.2) is 18.2 Å². The highest BCUT2D eigenvalue weighted by Crippen LogP contribution is 2.32. The van der Waals surface area contributed by atoms with Gasteiger partial charge in [-0.1, -0.05) is 43.2 Å². The van der Waals surface area contributed by atoms with E-state index in [0.717, 1.165) is 19.6 Å². The van der Waals surface area contributed by atoms with Gasteiger partial charge in [-0.15, -0.1) is 0 Å². The summed E-state index contributed by atoms with van der Waals surface area (Å²) in [6.07, 6.45) is 2.65. The predicted octanol–water partition coefficient (Wildman–Crippen LogP) is 3.77. The summed E-state index contributed by atoms with van der Waals surface area (Å²) in [5.41, 5.74) is 4.05. The second-order valence-electron chi connectivity index (χ2n) is 5.95. The summed E-state index contributed by atoms with van der Waals surface area (Å²) < 4.78 is 6.00. The average Bonchev–Trinajstić information content (AvgIpc) is 2.75. The quantitative estimate of drug-likeness (QED) is 0.871. The molecule has 1 heterocycles. The zero-order valence-corrected chi connectivity index (χ0v) is 12.7. The molecular formula is C17H27NO. The molecule has 1 aromatic carbocycles. The fourth-order valence-corrected chi connectivity index (χ4v) is 3.06. The third-order valence-electron chi connectivity index (χ3n) is 3.99. The van der Waals surface area contributed by atoms with Crippen LogP contribution in [0.3, 0.4) is 0 Å². The first-order valence-corrected chi connectivity index (χ1v) is 7.55. The van der Waals surface area contributed by atoms with Gasteiger partial charge in [-0.25, -0.2) is 0 Å². The van der Waals surface area contributed by atoms with Gasteiger partial charge in [-0.05, 0) is 44.7 Å². The molecule has 1 saturated heterocycles. The number of benzene rings is 1. The van der Waals surface area contributed by atoms with Crippen LogP contribution >= 0.6 is 0 Å². The lowest BCUT2D eigenvalue weighted by atomic mass is 9.91. The Morgan fingerprint density at radius 3 is 2.47 bits per heavy atom. The van der Waals surface area contributed by atoms with Gasteiger partial charge in [-0.2, -0.15) is 0 Å². The molecule has 106 valence electrons. The van der Waals surface area contributed by atoms with Crippen molar-refractivity contribution in [3.05, 3.63) is 34.9 Å². The van der Waals surface area contributed by atoms with Gasteiger partial charge in [0.05, 0.1) is 12.1 Å². The van der Waals surface area contributed by atoms with Crippen molar-refractivity contribution in [2.75, 3.05) is 13.2 Å². The number of aryl methyl sites for hydroxylation is 2. The average molecular weight is 261 g/mol. The van der Waals surface area contributed by atoms with Gasteiger partial charge in [0, 0.05) is 6.61 Å². The van der Waals surface area contributed by atoms with Gasteiger partial charge in [0.15, 0.2) is 0 Å². The summed E-state index contributed by atoms with van der Waals surface area (Å²) in [5.74, 6) is 0.634. The van der Waals surface area contributed by atoms with Gasteiger partial charge >= 0.3 is 0 Å². The molecule has 19 heavy (non-hydrogen) atoms. The summed E-state index contributed by atoms with van der Waals surface area (Å²) in [6.45, 7) is 10.8. The standard InChI is InChI=1S/C17H27NO/c1-5-7-18-16(17-14(4)6-8-19-17)15-10-12(2)9-13(3)11-15/h9-11,14,16-18H,5-8H2,1-4H3. The molecule has 0 bridgehead atoms. The maximum Gasteiger partial charge on any atom is 0.0795 e. The number of ether oxygens (including phenoxy) is 1. The van der Waals surface area contributed by atoms with Crippen LogP contribution in [-0.4, -0.2) is 19.3 Å². The first-order chi connectivity index (χ1) is 9.11. The van der Waals surface area contributed by atoms with Gasteiger partial charge in [-0.3, -0.25) is 0 Å². The molecule has 0 aromatic heterocycles. The third kappa shape index (κ3) is 3.58. The molecule has 0 amide bonds. The highest BCUT2D eigenvalue weighted by Gasteiger charge is 2.32. The largest absolute Gasteiger partial charge is 0.376 e. The number of nitrogens with one attached hydrogen (secondary N) is 1. The van der Waals surface area contributed by atoms with Crippen LogP contribution in [0.1, 0.15) is 49.4 Å². The van der Waals surface area contributed by atoms with Crippen LogP contribution in [0.5, 0.6) is 0 Å². The van der Waals surface area contributed by atoms with Gasteiger partial charge < -0.3 is 10.1 Å². The molecular weight excluding hydrogens is 234 g/mol. The lowest BCUT2D eigenvalue weighted by molar-refractivity contribution is 0.0607. The van der Waals surface area contributed by atoms with Crippen molar-refractivity contribution in [3.63, 3.8) is 0 Å². The molecule has 0 radical (unpaired) electrons. The first kappa shape index (κ1) is 14.5. The Kier molecular flexibility index (Phi) is 5.00. The van der Waals surface area contributed by atoms with Crippen LogP contribution in [0.2, 0.25) is 0 Å². The molecule has 2 nitrogen and oxygen atoms in total. The van der Waals surface area contributed by atoms with Crippen LogP contribution in [0, 0.1) is 19.8 Å². The Morgan fingerprint density at radius 1 is 1.26 bits per heavy atom. The molecule has 1 aliphatic rings. The van der Waals surface area contributed by atoms with Crippen molar-refractivity contribution in [2.45, 2.75) is 52.7 Å². The van der Waals surface area contributed by atoms with E-state index in [-0.39, 0.29) is 0 Å². The van der Waals surface area contributed by atoms with Crippen molar-refractivity contribution in [1.82, 2.24) is 5.32 Å². The van der Waals surface area contributed by atoms with Crippen molar-refractivity contribution < 1.29 is 4.74 Å². The molecule has 1 N–H and O–H groups in total. The Bertz CT molecular complexity index is 395. The summed E-state index contributed by atoms with van der Waals surface area (Å²) in [6, 6.07) is 7.17. The van der Waals surface area contributed by atoms with Crippen LogP contribution in [-0.2, 0) is 4.74 Å². The molecule has 2 rings (SSSR count). The Labute approximate surface area is 117 Å². The summed E-state index contributed by atoms with van der Waals surface area (Å²) in [4.78, 5) is 0. The monoisotopic (exact) mass is 261 g/mol. The highest BCUT2D eigenvalue weighted by atomic mass is 16.5. The minimum absolute atomic E-state index is 0.313. The molecule has 0 aliphatic carbocycles. The third-order valence-corrected chi connectivity index (χ3v) is 3.99. The SMILES string of the molecule is CCCNC(c1cc(C)cc(C)c1)C1OCCC1C. The molecule has 1 aliphatic heterocycles. The minimum Gasteiger partial charge on any atom is -0.376 e. The van der Waals surface area contributed by atoms with Gasteiger partial charge in [0.25, 0.3) is 0 Å². The minimum atomic E-state index is 0.313. The van der Waals surface area contributed by atoms with E-state index in [2.05, 4.69) is 51.2 Å². The van der Waals surface area contributed by atoms with Gasteiger partial charge in [0.1, 0.15) is 0 Å². The molecule has 0 saturated carbocycles. The molecule has 1 fully saturated rings. The maximum absolute atomic E-state index is 6.00. The number of hydrogen-bond donors (Lipinski definition) is 1. The first-order valence-electron chi connectivity index (χ1n) is 7.55. The molecule has 2 heteroatoms. The van der Waals surface area contributed by atoms with Crippen LogP contribution in [0.25, 0.3) is 0 Å². The van der Waals surface area contributed by atoms with Crippen molar-refractivity contribution in [1.29, 1.82) is 0 Å². The van der Waals surface area contributed by atoms with Crippen LogP contribution in [0.4, 0.5) is 0 Å². The van der Waals surface area contributed by atoms with E-state index in [1.54, 1.807) is 0 Å². The topological polar surface area (TPSA) is 21.3 Å². The second-order valence-corrected chi connectivity index (χ2v) is 5.95. The fourth-order valence-electron chi connectivity index (χ4n) is 3.06. The Hall–Kier alpha value is -0.860. The summed E-state index contributed by atoms with van der Waals surface area (Å²) in [5, 5.41) is 3.69. The fraction of sp³-hybridized carbons (Fsp3) is 0.647. The highest BCUT2D eigenvalue weighted by molar-refractivity contribution is 5.31. The molecule has 3 atom stereocenters. The smallest absolute Gasteiger partial charge is 0.0795 e. The van der Waals surface area contributed by atoms with E-state index in [0.29, 0.717) is 18.1 Å². The normalized spacial score (nSPS) is 24.6. The van der Waals surface area contributed by atoms with E-state index >= 15 is 0 Å². The molecule has 1 aromatic rings. The number of hydrogen-bond acceptors (Lipinski definition) is 2. The van der Waals surface area contributed by atoms with Gasteiger partial charge in [0.2, 0.25) is 0 Å². The summed E-state index contributed by atoms with van der Waals surface area (Å²) >= 11 is 0. The Balaban J connectivity index is 2.25. The second kappa shape index (κ2) is 6.53. The van der Waals surface area contributed by atoms with Crippen molar-refractivity contribution in [2.24, 2.45) is 5.92 Å². The number of rotatable bonds is 5. The van der Waals surface area contributed by atoms with Crippen molar-refractivity contribution >= 4 is 0 Å². The van der Waals surface area contributed by atoms with E-state index < -0.39 is 0 Å².